The van der Waals surface area contributed by atoms with Gasteiger partial charge < -0.3 is 9.29 Å². The third kappa shape index (κ3) is 13.1. The molecule has 1 N–H and O–H groups in total. The molecule has 0 radical (unpaired) electrons. The van der Waals surface area contributed by atoms with Crippen LogP contribution in [-0.4, -0.2) is 31.4 Å². The Labute approximate surface area is 135 Å². The number of hydrogen-bond donors (Lipinski definition) is 1. The Kier molecular flexibility index (Phi) is 12.5. The highest BCUT2D eigenvalue weighted by Gasteiger charge is 2.20. The van der Waals surface area contributed by atoms with Crippen LogP contribution in [0.15, 0.2) is 0 Å². The van der Waals surface area contributed by atoms with E-state index >= 15 is 0 Å². The number of hydrogen-bond acceptors (Lipinski definition) is 5. The fraction of sp³-hybridized carbons (Fsp3) is 0.938. The van der Waals surface area contributed by atoms with Gasteiger partial charge in [-0.25, -0.2) is 0 Å². The molecule has 0 aromatic carbocycles. The molecule has 1 unspecified atom stereocenters. The summed E-state index contributed by atoms with van der Waals surface area (Å²) in [6.07, 6.45) is 9.61. The van der Waals surface area contributed by atoms with Crippen molar-refractivity contribution in [2.45, 2.75) is 90.6 Å². The Balaban J connectivity index is 3.61. The maximum Gasteiger partial charge on any atom is 0.322 e. The minimum Gasteiger partial charge on any atom is -0.392 e. The van der Waals surface area contributed by atoms with E-state index in [0.29, 0.717) is 12.8 Å². The van der Waals surface area contributed by atoms with Crippen molar-refractivity contribution < 1.29 is 22.5 Å². The highest BCUT2D eigenvalue weighted by atomic mass is 32.2. The number of rotatable bonds is 14. The number of aliphatic hydroxyl groups is 1. The third-order valence-corrected chi connectivity index (χ3v) is 4.80. The molecule has 0 heterocycles. The van der Waals surface area contributed by atoms with Crippen LogP contribution in [0.5, 0.6) is 0 Å². The first-order chi connectivity index (χ1) is 10.4. The van der Waals surface area contributed by atoms with Crippen molar-refractivity contribution in [1.29, 1.82) is 0 Å². The number of carbonyl (C=O) groups is 1. The Morgan fingerprint density at radius 2 is 1.45 bits per heavy atom. The van der Waals surface area contributed by atoms with Crippen molar-refractivity contribution in [2.24, 2.45) is 0 Å². The maximum atomic E-state index is 11.5. The smallest absolute Gasteiger partial charge is 0.322 e. The summed E-state index contributed by atoms with van der Waals surface area (Å²) in [5.41, 5.74) is 0. The summed E-state index contributed by atoms with van der Waals surface area (Å²) in [4.78, 5) is 11.5. The van der Waals surface area contributed by atoms with E-state index in [4.69, 9.17) is 0 Å². The largest absolute Gasteiger partial charge is 0.392 e. The molecule has 0 amide bonds. The minimum absolute atomic E-state index is 0.122. The lowest BCUT2D eigenvalue weighted by Gasteiger charge is -2.09. The van der Waals surface area contributed by atoms with Crippen LogP contribution in [0, 0.1) is 0 Å². The zero-order valence-corrected chi connectivity index (χ0v) is 14.9. The lowest BCUT2D eigenvalue weighted by Crippen LogP contribution is -2.24. The van der Waals surface area contributed by atoms with Crippen LogP contribution in [0.25, 0.3) is 0 Å². The van der Waals surface area contributed by atoms with Crippen molar-refractivity contribution in [1.82, 2.24) is 0 Å². The fourth-order valence-corrected chi connectivity index (χ4v) is 3.29. The minimum atomic E-state index is -3.95. The molecule has 0 aromatic heterocycles. The fourth-order valence-electron chi connectivity index (χ4n) is 2.15. The highest BCUT2D eigenvalue weighted by Crippen LogP contribution is 2.11. The molecule has 1 atom stereocenters. The van der Waals surface area contributed by atoms with Gasteiger partial charge in [0, 0.05) is 6.42 Å². The Morgan fingerprint density at radius 3 is 1.95 bits per heavy atom. The first kappa shape index (κ1) is 21.4. The molecule has 132 valence electrons. The molecule has 0 aliphatic rings. The highest BCUT2D eigenvalue weighted by molar-refractivity contribution is 7.87. The Morgan fingerprint density at radius 1 is 0.955 bits per heavy atom. The van der Waals surface area contributed by atoms with Gasteiger partial charge >= 0.3 is 16.1 Å². The second-order valence-electron chi connectivity index (χ2n) is 5.82. The average Bonchev–Trinajstić information content (AvgIpc) is 2.44. The molecular formula is C16H32O5S. The topological polar surface area (TPSA) is 80.7 Å². The van der Waals surface area contributed by atoms with Crippen LogP contribution in [0.1, 0.15) is 84.5 Å². The number of carbonyl (C=O) groups excluding carboxylic acids is 1. The first-order valence-electron chi connectivity index (χ1n) is 8.54. The van der Waals surface area contributed by atoms with Crippen LogP contribution >= 0.6 is 0 Å². The standard InChI is InChI=1S/C16H32O5S/c1-3-5-6-7-8-9-10-11-12-13-16(18)21-22(19,20)14-15(17)4-2/h15,17H,3-14H2,1-2H3. The van der Waals surface area contributed by atoms with Crippen molar-refractivity contribution >= 4 is 16.1 Å². The van der Waals surface area contributed by atoms with E-state index in [1.807, 2.05) is 0 Å². The van der Waals surface area contributed by atoms with Crippen LogP contribution in [0.2, 0.25) is 0 Å². The molecule has 5 nitrogen and oxygen atoms in total. The van der Waals surface area contributed by atoms with Crippen LogP contribution < -0.4 is 0 Å². The summed E-state index contributed by atoms with van der Waals surface area (Å²) in [7, 11) is -3.95. The van der Waals surface area contributed by atoms with Gasteiger partial charge in [-0.15, -0.1) is 0 Å². The summed E-state index contributed by atoms with van der Waals surface area (Å²) in [5.74, 6) is -1.24. The summed E-state index contributed by atoms with van der Waals surface area (Å²) in [5, 5.41) is 9.29. The van der Waals surface area contributed by atoms with Gasteiger partial charge in [0.15, 0.2) is 0 Å². The monoisotopic (exact) mass is 336 g/mol. The SMILES string of the molecule is CCCCCCCCCCCC(=O)OS(=O)(=O)CC(O)CC. The molecule has 0 saturated heterocycles. The molecule has 0 spiro atoms. The van der Waals surface area contributed by atoms with Gasteiger partial charge in [-0.05, 0) is 12.8 Å². The molecule has 0 rings (SSSR count). The molecule has 0 aliphatic heterocycles. The number of aliphatic hydroxyl groups excluding tert-OH is 1. The molecule has 0 bridgehead atoms. The molecule has 6 heteroatoms. The quantitative estimate of drug-likeness (QED) is 0.387. The molecule has 0 aromatic rings. The summed E-state index contributed by atoms with van der Waals surface area (Å²) < 4.78 is 27.4. The zero-order chi connectivity index (χ0) is 16.8. The van der Waals surface area contributed by atoms with E-state index in [0.717, 1.165) is 12.8 Å². The molecule has 0 saturated carbocycles. The van der Waals surface area contributed by atoms with E-state index in [-0.39, 0.29) is 6.42 Å². The van der Waals surface area contributed by atoms with Gasteiger partial charge in [0.05, 0.1) is 6.10 Å². The molecular weight excluding hydrogens is 304 g/mol. The van der Waals surface area contributed by atoms with Crippen LogP contribution in [-0.2, 0) is 19.1 Å². The van der Waals surface area contributed by atoms with E-state index < -0.39 is 27.9 Å². The number of unbranched alkanes of at least 4 members (excludes halogenated alkanes) is 8. The second kappa shape index (κ2) is 12.9. The summed E-state index contributed by atoms with van der Waals surface area (Å²) in [6, 6.07) is 0. The average molecular weight is 336 g/mol. The lowest BCUT2D eigenvalue weighted by atomic mass is 10.1. The van der Waals surface area contributed by atoms with E-state index in [9.17, 15) is 18.3 Å². The van der Waals surface area contributed by atoms with Gasteiger partial charge in [-0.2, -0.15) is 8.42 Å². The van der Waals surface area contributed by atoms with Crippen LogP contribution in [0.4, 0.5) is 0 Å². The van der Waals surface area contributed by atoms with E-state index in [2.05, 4.69) is 11.1 Å². The van der Waals surface area contributed by atoms with Gasteiger partial charge in [0.1, 0.15) is 5.75 Å². The first-order valence-corrected chi connectivity index (χ1v) is 10.1. The third-order valence-electron chi connectivity index (χ3n) is 3.57. The predicted octanol–water partition coefficient (Wildman–Crippen LogP) is 3.55. The molecule has 0 aliphatic carbocycles. The summed E-state index contributed by atoms with van der Waals surface area (Å²) in [6.45, 7) is 3.87. The lowest BCUT2D eigenvalue weighted by molar-refractivity contribution is -0.133. The van der Waals surface area contributed by atoms with E-state index in [1.54, 1.807) is 6.92 Å². The van der Waals surface area contributed by atoms with Gasteiger partial charge in [-0.3, -0.25) is 4.79 Å². The summed E-state index contributed by atoms with van der Waals surface area (Å²) >= 11 is 0. The molecule has 22 heavy (non-hydrogen) atoms. The Bertz CT molecular complexity index is 378. The van der Waals surface area contributed by atoms with Crippen LogP contribution in [0.3, 0.4) is 0 Å². The zero-order valence-electron chi connectivity index (χ0n) is 14.1. The van der Waals surface area contributed by atoms with E-state index in [1.165, 1.54) is 38.5 Å². The van der Waals surface area contributed by atoms with Crippen molar-refractivity contribution in [3.05, 3.63) is 0 Å². The predicted molar refractivity (Wildman–Crippen MR) is 88.0 cm³/mol. The normalized spacial score (nSPS) is 13.0. The van der Waals surface area contributed by atoms with Gasteiger partial charge in [0.2, 0.25) is 0 Å². The molecule has 0 fully saturated rings. The second-order valence-corrected chi connectivity index (χ2v) is 7.44. The van der Waals surface area contributed by atoms with Gasteiger partial charge in [0.25, 0.3) is 0 Å². The van der Waals surface area contributed by atoms with Crippen molar-refractivity contribution in [3.63, 3.8) is 0 Å². The Hall–Kier alpha value is -0.620. The maximum absolute atomic E-state index is 11.5. The van der Waals surface area contributed by atoms with Crippen molar-refractivity contribution in [2.75, 3.05) is 5.75 Å². The van der Waals surface area contributed by atoms with Crippen molar-refractivity contribution in [3.8, 4) is 0 Å². The van der Waals surface area contributed by atoms with Gasteiger partial charge in [-0.1, -0.05) is 65.2 Å².